The summed E-state index contributed by atoms with van der Waals surface area (Å²) in [4.78, 5) is 73.5. The number of benzene rings is 1. The minimum absolute atomic E-state index is 0.0102. The Morgan fingerprint density at radius 3 is 2.11 bits per heavy atom. The van der Waals surface area contributed by atoms with Gasteiger partial charge in [-0.1, -0.05) is 85.2 Å². The number of ether oxygens (including phenoxy) is 2. The maximum absolute atomic E-state index is 14.4. The van der Waals surface area contributed by atoms with Crippen LogP contribution in [0.25, 0.3) is 0 Å². The molecular weight excluding hydrogens is 729 g/mol. The molecule has 14 nitrogen and oxygen atoms in total. The molecule has 1 aromatic carbocycles. The number of hydrogen-bond donors (Lipinski definition) is 4. The van der Waals surface area contributed by atoms with Crippen LogP contribution < -0.4 is 16.4 Å². The Kier molecular flexibility index (Phi) is 21.2. The smallest absolute Gasteiger partial charge is 0.326 e. The lowest BCUT2D eigenvalue weighted by molar-refractivity contribution is -0.148. The Hall–Kier alpha value is -3.59. The van der Waals surface area contributed by atoms with Crippen LogP contribution in [-0.2, 0) is 39.9 Å². The molecule has 0 radical (unpaired) electrons. The van der Waals surface area contributed by atoms with E-state index < -0.39 is 60.2 Å². The van der Waals surface area contributed by atoms with Crippen molar-refractivity contribution >= 4 is 29.6 Å². The second-order valence-corrected chi connectivity index (χ2v) is 16.6. The highest BCUT2D eigenvalue weighted by atomic mass is 16.5. The second kappa shape index (κ2) is 24.4. The molecule has 1 aliphatic rings. The van der Waals surface area contributed by atoms with E-state index in [0.29, 0.717) is 38.9 Å². The lowest BCUT2D eigenvalue weighted by atomic mass is 9.89. The van der Waals surface area contributed by atoms with Crippen molar-refractivity contribution in [3.63, 3.8) is 0 Å². The van der Waals surface area contributed by atoms with Gasteiger partial charge in [0, 0.05) is 34.2 Å². The molecule has 0 spiro atoms. The fraction of sp³-hybridized carbons (Fsp3) is 0.744. The van der Waals surface area contributed by atoms with E-state index in [1.807, 2.05) is 83.8 Å². The highest BCUT2D eigenvalue weighted by Gasteiger charge is 2.43. The number of carboxylic acid groups (broad SMARTS) is 1. The molecule has 1 heterocycles. The van der Waals surface area contributed by atoms with E-state index in [-0.39, 0.29) is 48.3 Å². The largest absolute Gasteiger partial charge is 0.480 e. The van der Waals surface area contributed by atoms with Crippen molar-refractivity contribution in [1.82, 2.24) is 25.3 Å². The summed E-state index contributed by atoms with van der Waals surface area (Å²) in [5, 5.41) is 15.7. The van der Waals surface area contributed by atoms with Crippen LogP contribution >= 0.6 is 0 Å². The molecule has 1 aliphatic heterocycles. The summed E-state index contributed by atoms with van der Waals surface area (Å²) in [6, 6.07) is 5.83. The number of aliphatic carboxylic acids is 1. The summed E-state index contributed by atoms with van der Waals surface area (Å²) in [6.07, 6.45) is 2.51. The maximum atomic E-state index is 14.4. The first-order chi connectivity index (χ1) is 26.9. The number of nitrogens with one attached hydrogen (secondary N) is 2. The lowest BCUT2D eigenvalue weighted by Crippen LogP contribution is -2.60. The SMILES string of the molecule is CC[C@H](C)[C@@H]([C@@H](CC(=O)N1CCCC1[C@H](OC)[C@@H](C)C(=O)NC(Cc1ccccc1)C(=O)O)OC)N(C)C(=O)C(NC(=O)C(C(C)C)N(C)CCCCN)C(C)C. The molecule has 0 bridgehead atoms. The Labute approximate surface area is 341 Å². The maximum Gasteiger partial charge on any atom is 0.326 e. The van der Waals surface area contributed by atoms with Gasteiger partial charge in [-0.2, -0.15) is 0 Å². The molecule has 0 saturated carbocycles. The summed E-state index contributed by atoms with van der Waals surface area (Å²) >= 11 is 0. The Morgan fingerprint density at radius 2 is 1.58 bits per heavy atom. The number of carbonyl (C=O) groups is 5. The third-order valence-electron chi connectivity index (χ3n) is 11.7. The first-order valence-corrected chi connectivity index (χ1v) is 20.8. The average Bonchev–Trinajstić information content (AvgIpc) is 3.66. The molecule has 5 N–H and O–H groups in total. The lowest BCUT2D eigenvalue weighted by Gasteiger charge is -2.41. The Balaban J connectivity index is 2.27. The molecule has 4 amide bonds. The Bertz CT molecular complexity index is 1410. The Morgan fingerprint density at radius 1 is 0.930 bits per heavy atom. The zero-order valence-electron chi connectivity index (χ0n) is 36.5. The van der Waals surface area contributed by atoms with Gasteiger partial charge in [-0.3, -0.25) is 24.1 Å². The number of nitrogens with two attached hydrogens (primary N) is 1. The van der Waals surface area contributed by atoms with Gasteiger partial charge in [0.1, 0.15) is 12.1 Å². The van der Waals surface area contributed by atoms with E-state index in [1.54, 1.807) is 30.9 Å². The van der Waals surface area contributed by atoms with Crippen molar-refractivity contribution in [2.24, 2.45) is 29.4 Å². The van der Waals surface area contributed by atoms with Crippen LogP contribution in [0, 0.1) is 23.7 Å². The zero-order valence-corrected chi connectivity index (χ0v) is 36.5. The molecular formula is C43H74N6O8. The quantitative estimate of drug-likeness (QED) is 0.107. The van der Waals surface area contributed by atoms with Crippen LogP contribution in [0.15, 0.2) is 30.3 Å². The molecule has 57 heavy (non-hydrogen) atoms. The van der Waals surface area contributed by atoms with Gasteiger partial charge in [-0.05, 0) is 69.1 Å². The minimum Gasteiger partial charge on any atom is -0.480 e. The topological polar surface area (TPSA) is 184 Å². The summed E-state index contributed by atoms with van der Waals surface area (Å²) in [5.41, 5.74) is 6.48. The number of methoxy groups -OCH3 is 2. The van der Waals surface area contributed by atoms with Crippen molar-refractivity contribution in [1.29, 1.82) is 0 Å². The number of hydrogen-bond acceptors (Lipinski definition) is 9. The number of amides is 4. The van der Waals surface area contributed by atoms with Gasteiger partial charge in [0.25, 0.3) is 0 Å². The number of rotatable bonds is 25. The van der Waals surface area contributed by atoms with Crippen LogP contribution in [0.2, 0.25) is 0 Å². The number of carboxylic acids is 1. The molecule has 0 aromatic heterocycles. The van der Waals surface area contributed by atoms with Gasteiger partial charge in [0.2, 0.25) is 23.6 Å². The van der Waals surface area contributed by atoms with Crippen molar-refractivity contribution in [3.05, 3.63) is 35.9 Å². The van der Waals surface area contributed by atoms with Crippen LogP contribution in [-0.4, -0.2) is 140 Å². The molecule has 0 aliphatic carbocycles. The summed E-state index contributed by atoms with van der Waals surface area (Å²) in [6.45, 7) is 15.3. The van der Waals surface area contributed by atoms with Crippen LogP contribution in [0.4, 0.5) is 0 Å². The first-order valence-electron chi connectivity index (χ1n) is 20.8. The fourth-order valence-corrected chi connectivity index (χ4v) is 8.29. The van der Waals surface area contributed by atoms with Gasteiger partial charge in [0.05, 0.1) is 42.7 Å². The van der Waals surface area contributed by atoms with Gasteiger partial charge in [-0.25, -0.2) is 4.79 Å². The highest BCUT2D eigenvalue weighted by Crippen LogP contribution is 2.30. The van der Waals surface area contributed by atoms with E-state index in [0.717, 1.165) is 18.4 Å². The normalized spacial score (nSPS) is 18.7. The molecule has 1 fully saturated rings. The van der Waals surface area contributed by atoms with Crippen molar-refractivity contribution in [2.75, 3.05) is 47.9 Å². The van der Waals surface area contributed by atoms with Gasteiger partial charge in [-0.15, -0.1) is 0 Å². The van der Waals surface area contributed by atoms with E-state index in [2.05, 4.69) is 10.6 Å². The zero-order chi connectivity index (χ0) is 43.0. The standard InChI is InChI=1S/C43H74N6O8/c1-12-29(6)38(48(9)42(53)36(27(2)3)46-41(52)37(28(4)5)47(8)23-17-16-22-44)34(56-10)26-35(50)49-24-18-21-33(49)39(57-11)30(7)40(51)45-32(43(54)55)25-31-19-14-13-15-20-31/h13-15,19-20,27-30,32-34,36-39H,12,16-18,21-26,44H2,1-11H3,(H,45,51)(H,46,52)(H,54,55)/t29-,30+,32?,33?,34+,36?,37?,38-,39+/m0/s1. The van der Waals surface area contributed by atoms with E-state index in [4.69, 9.17) is 15.2 Å². The number of likely N-dealkylation sites (tertiary alicyclic amines) is 1. The third-order valence-corrected chi connectivity index (χ3v) is 11.7. The number of unbranched alkanes of at least 4 members (excludes halogenated alkanes) is 1. The molecule has 2 rings (SSSR count). The predicted molar refractivity (Wildman–Crippen MR) is 222 cm³/mol. The molecule has 9 atom stereocenters. The molecule has 14 heteroatoms. The van der Waals surface area contributed by atoms with Gasteiger partial charge >= 0.3 is 5.97 Å². The van der Waals surface area contributed by atoms with Crippen molar-refractivity contribution < 1.29 is 38.6 Å². The monoisotopic (exact) mass is 803 g/mol. The van der Waals surface area contributed by atoms with Crippen LogP contribution in [0.5, 0.6) is 0 Å². The minimum atomic E-state index is -1.14. The van der Waals surface area contributed by atoms with Crippen LogP contribution in [0.1, 0.15) is 92.6 Å². The predicted octanol–water partition coefficient (Wildman–Crippen LogP) is 3.55. The fourth-order valence-electron chi connectivity index (χ4n) is 8.29. The second-order valence-electron chi connectivity index (χ2n) is 16.6. The third kappa shape index (κ3) is 14.0. The first kappa shape index (κ1) is 49.6. The van der Waals surface area contributed by atoms with Crippen molar-refractivity contribution in [2.45, 2.75) is 136 Å². The van der Waals surface area contributed by atoms with Gasteiger partial charge < -0.3 is 40.7 Å². The molecule has 4 unspecified atom stereocenters. The molecule has 1 saturated heterocycles. The highest BCUT2D eigenvalue weighted by molar-refractivity contribution is 5.90. The molecule has 324 valence electrons. The number of carbonyl (C=O) groups excluding carboxylic acids is 4. The summed E-state index contributed by atoms with van der Waals surface area (Å²) in [5.74, 6) is -3.27. The van der Waals surface area contributed by atoms with E-state index in [9.17, 15) is 29.1 Å². The molecule has 1 aromatic rings. The van der Waals surface area contributed by atoms with Crippen LogP contribution in [0.3, 0.4) is 0 Å². The van der Waals surface area contributed by atoms with Crippen molar-refractivity contribution in [3.8, 4) is 0 Å². The van der Waals surface area contributed by atoms with E-state index >= 15 is 0 Å². The van der Waals surface area contributed by atoms with Gasteiger partial charge in [0.15, 0.2) is 0 Å². The number of nitrogens with zero attached hydrogens (tertiary/aromatic N) is 3. The average molecular weight is 803 g/mol. The number of likely N-dealkylation sites (N-methyl/N-ethyl adjacent to an activating group) is 2. The summed E-state index contributed by atoms with van der Waals surface area (Å²) < 4.78 is 11.9. The summed E-state index contributed by atoms with van der Waals surface area (Å²) in [7, 11) is 6.69. The van der Waals surface area contributed by atoms with E-state index in [1.165, 1.54) is 7.11 Å².